The van der Waals surface area contributed by atoms with Crippen LogP contribution >= 0.6 is 11.6 Å². The molecule has 0 heterocycles. The van der Waals surface area contributed by atoms with Gasteiger partial charge in [0.05, 0.1) is 17.0 Å². The van der Waals surface area contributed by atoms with Gasteiger partial charge >= 0.3 is 0 Å². The Labute approximate surface area is 201 Å². The van der Waals surface area contributed by atoms with Crippen LogP contribution in [0.25, 0.3) is 0 Å². The van der Waals surface area contributed by atoms with Crippen molar-refractivity contribution in [3.63, 3.8) is 0 Å². The van der Waals surface area contributed by atoms with Crippen molar-refractivity contribution in [2.45, 2.75) is 45.7 Å². The van der Waals surface area contributed by atoms with E-state index in [9.17, 15) is 18.0 Å². The van der Waals surface area contributed by atoms with Crippen molar-refractivity contribution in [3.05, 3.63) is 65.2 Å². The molecule has 0 spiro atoms. The smallest absolute Gasteiger partial charge is 0.244 e. The monoisotopic (exact) mass is 493 g/mol. The number of hydrogen-bond acceptors (Lipinski definition) is 4. The fraction of sp³-hybridized carbons (Fsp3) is 0.417. The summed E-state index contributed by atoms with van der Waals surface area (Å²) in [4.78, 5) is 27.7. The summed E-state index contributed by atoms with van der Waals surface area (Å²) >= 11 is 6.22. The average Bonchev–Trinajstić information content (AvgIpc) is 2.71. The van der Waals surface area contributed by atoms with Gasteiger partial charge in [0.25, 0.3) is 0 Å². The molecule has 0 aliphatic rings. The van der Waals surface area contributed by atoms with E-state index in [4.69, 9.17) is 11.6 Å². The maximum Gasteiger partial charge on any atom is 0.244 e. The quantitative estimate of drug-likeness (QED) is 0.579. The Bertz CT molecular complexity index is 1070. The molecule has 0 saturated carbocycles. The lowest BCUT2D eigenvalue weighted by molar-refractivity contribution is -0.139. The predicted molar refractivity (Wildman–Crippen MR) is 133 cm³/mol. The highest BCUT2D eigenvalue weighted by molar-refractivity contribution is 7.92. The second-order valence-electron chi connectivity index (χ2n) is 8.96. The molecule has 2 aromatic rings. The van der Waals surface area contributed by atoms with Gasteiger partial charge in [0, 0.05) is 12.1 Å². The van der Waals surface area contributed by atoms with Crippen molar-refractivity contribution in [1.29, 1.82) is 0 Å². The molecule has 0 radical (unpaired) electrons. The number of amides is 2. The Balaban J connectivity index is 2.33. The van der Waals surface area contributed by atoms with Crippen LogP contribution in [0.1, 0.15) is 33.3 Å². The standard InChI is InChI=1S/C24H32ClN3O4S/c1-18(23(30)26-24(2,3)4)27(16-15-19-11-7-6-8-12-19)22(29)17-28(33(5,31)32)21-14-10-9-13-20(21)25/h6-14,18H,15-17H2,1-5H3,(H,26,30)/t18-/m1/s1. The van der Waals surface area contributed by atoms with Crippen molar-refractivity contribution >= 4 is 39.1 Å². The van der Waals surface area contributed by atoms with E-state index >= 15 is 0 Å². The van der Waals surface area contributed by atoms with Gasteiger partial charge in [0.1, 0.15) is 12.6 Å². The van der Waals surface area contributed by atoms with E-state index in [1.165, 1.54) is 4.90 Å². The molecule has 1 atom stereocenters. The minimum absolute atomic E-state index is 0.213. The van der Waals surface area contributed by atoms with Crippen LogP contribution in [0, 0.1) is 0 Å². The molecule has 9 heteroatoms. The van der Waals surface area contributed by atoms with Gasteiger partial charge in [-0.05, 0) is 51.8 Å². The van der Waals surface area contributed by atoms with Crippen molar-refractivity contribution in [2.24, 2.45) is 0 Å². The summed E-state index contributed by atoms with van der Waals surface area (Å²) in [5.74, 6) is -0.805. The Morgan fingerprint density at radius 3 is 2.15 bits per heavy atom. The van der Waals surface area contributed by atoms with E-state index in [1.54, 1.807) is 31.2 Å². The molecule has 1 N–H and O–H groups in total. The molecule has 0 fully saturated rings. The number of carbonyl (C=O) groups excluding carboxylic acids is 2. The van der Waals surface area contributed by atoms with Crippen LogP contribution in [0.4, 0.5) is 5.69 Å². The first-order valence-electron chi connectivity index (χ1n) is 10.7. The first kappa shape index (κ1) is 26.7. The number of carbonyl (C=O) groups is 2. The molecule has 33 heavy (non-hydrogen) atoms. The molecule has 0 aliphatic carbocycles. The van der Waals surface area contributed by atoms with Gasteiger partial charge in [-0.15, -0.1) is 0 Å². The fourth-order valence-electron chi connectivity index (χ4n) is 3.29. The Kier molecular flexibility index (Phi) is 8.91. The predicted octanol–water partition coefficient (Wildman–Crippen LogP) is 3.48. The minimum Gasteiger partial charge on any atom is -0.350 e. The van der Waals surface area contributed by atoms with Crippen molar-refractivity contribution in [2.75, 3.05) is 23.7 Å². The summed E-state index contributed by atoms with van der Waals surface area (Å²) < 4.78 is 26.0. The summed E-state index contributed by atoms with van der Waals surface area (Å²) in [7, 11) is -3.81. The SMILES string of the molecule is C[C@H](C(=O)NC(C)(C)C)N(CCc1ccccc1)C(=O)CN(c1ccccc1Cl)S(C)(=O)=O. The van der Waals surface area contributed by atoms with Gasteiger partial charge in [0.15, 0.2) is 0 Å². The van der Waals surface area contributed by atoms with Crippen LogP contribution in [-0.4, -0.2) is 56.1 Å². The summed E-state index contributed by atoms with van der Waals surface area (Å²) in [6, 6.07) is 15.2. The van der Waals surface area contributed by atoms with E-state index in [2.05, 4.69) is 5.32 Å². The van der Waals surface area contributed by atoms with Crippen LogP contribution in [0.15, 0.2) is 54.6 Å². The molecular weight excluding hydrogens is 462 g/mol. The van der Waals surface area contributed by atoms with Crippen molar-refractivity contribution in [1.82, 2.24) is 10.2 Å². The van der Waals surface area contributed by atoms with Crippen LogP contribution in [0.2, 0.25) is 5.02 Å². The van der Waals surface area contributed by atoms with E-state index in [1.807, 2.05) is 51.1 Å². The number of halogens is 1. The van der Waals surface area contributed by atoms with Gasteiger partial charge in [0.2, 0.25) is 21.8 Å². The van der Waals surface area contributed by atoms with Gasteiger partial charge in [-0.2, -0.15) is 0 Å². The van der Waals surface area contributed by atoms with E-state index in [0.717, 1.165) is 16.1 Å². The number of nitrogens with zero attached hydrogens (tertiary/aromatic N) is 2. The number of anilines is 1. The molecule has 0 bridgehead atoms. The minimum atomic E-state index is -3.81. The third-order valence-electron chi connectivity index (χ3n) is 4.95. The molecule has 2 amide bonds. The first-order valence-corrected chi connectivity index (χ1v) is 12.9. The van der Waals surface area contributed by atoms with E-state index in [-0.39, 0.29) is 23.2 Å². The summed E-state index contributed by atoms with van der Waals surface area (Å²) in [5, 5.41) is 3.10. The highest BCUT2D eigenvalue weighted by Crippen LogP contribution is 2.27. The molecular formula is C24H32ClN3O4S. The largest absolute Gasteiger partial charge is 0.350 e. The van der Waals surface area contributed by atoms with Crippen LogP contribution in [-0.2, 0) is 26.0 Å². The lowest BCUT2D eigenvalue weighted by Crippen LogP contribution is -2.55. The second-order valence-corrected chi connectivity index (χ2v) is 11.3. The number of hydrogen-bond donors (Lipinski definition) is 1. The fourth-order valence-corrected chi connectivity index (χ4v) is 4.44. The van der Waals surface area contributed by atoms with Gasteiger partial charge < -0.3 is 10.2 Å². The Hall–Kier alpha value is -2.58. The van der Waals surface area contributed by atoms with Crippen molar-refractivity contribution in [3.8, 4) is 0 Å². The first-order chi connectivity index (χ1) is 15.3. The molecule has 2 aromatic carbocycles. The third kappa shape index (κ3) is 8.05. The number of sulfonamides is 1. The maximum absolute atomic E-state index is 13.4. The Morgan fingerprint density at radius 2 is 1.61 bits per heavy atom. The lowest BCUT2D eigenvalue weighted by atomic mass is 10.1. The number of rotatable bonds is 9. The normalized spacial score (nSPS) is 12.7. The highest BCUT2D eigenvalue weighted by atomic mass is 35.5. The third-order valence-corrected chi connectivity index (χ3v) is 6.40. The summed E-state index contributed by atoms with van der Waals surface area (Å²) in [6.07, 6.45) is 1.54. The topological polar surface area (TPSA) is 86.8 Å². The summed E-state index contributed by atoms with van der Waals surface area (Å²) in [6.45, 7) is 7.00. The second kappa shape index (κ2) is 11.0. The zero-order valence-electron chi connectivity index (χ0n) is 19.7. The van der Waals surface area contributed by atoms with Gasteiger partial charge in [-0.1, -0.05) is 54.1 Å². The lowest BCUT2D eigenvalue weighted by Gasteiger charge is -2.33. The number of para-hydroxylation sites is 1. The molecule has 0 saturated heterocycles. The number of benzene rings is 2. The van der Waals surface area contributed by atoms with Crippen molar-refractivity contribution < 1.29 is 18.0 Å². The average molecular weight is 494 g/mol. The highest BCUT2D eigenvalue weighted by Gasteiger charge is 2.31. The number of nitrogens with one attached hydrogen (secondary N) is 1. The van der Waals surface area contributed by atoms with Crippen LogP contribution in [0.5, 0.6) is 0 Å². The van der Waals surface area contributed by atoms with Gasteiger partial charge in [-0.3, -0.25) is 13.9 Å². The van der Waals surface area contributed by atoms with Crippen LogP contribution in [0.3, 0.4) is 0 Å². The molecule has 2 rings (SSSR count). The van der Waals surface area contributed by atoms with E-state index < -0.39 is 34.1 Å². The van der Waals surface area contributed by atoms with Crippen LogP contribution < -0.4 is 9.62 Å². The maximum atomic E-state index is 13.4. The molecule has 180 valence electrons. The van der Waals surface area contributed by atoms with Gasteiger partial charge in [-0.25, -0.2) is 8.42 Å². The molecule has 7 nitrogen and oxygen atoms in total. The molecule has 0 unspecified atom stereocenters. The zero-order chi connectivity index (χ0) is 24.8. The van der Waals surface area contributed by atoms with E-state index in [0.29, 0.717) is 6.42 Å². The molecule has 0 aromatic heterocycles. The molecule has 0 aliphatic heterocycles. The zero-order valence-corrected chi connectivity index (χ0v) is 21.3. The Morgan fingerprint density at radius 1 is 1.03 bits per heavy atom. The summed E-state index contributed by atoms with van der Waals surface area (Å²) in [5.41, 5.74) is 0.741.